The van der Waals surface area contributed by atoms with Gasteiger partial charge in [-0.05, 0) is 25.5 Å². The fourth-order valence-electron chi connectivity index (χ4n) is 2.93. The van der Waals surface area contributed by atoms with Crippen LogP contribution in [0, 0.1) is 6.92 Å². The van der Waals surface area contributed by atoms with Gasteiger partial charge in [0.25, 0.3) is 5.91 Å². The third-order valence-corrected chi connectivity index (χ3v) is 4.11. The Kier molecular flexibility index (Phi) is 4.12. The zero-order chi connectivity index (χ0) is 16.4. The summed E-state index contributed by atoms with van der Waals surface area (Å²) in [5.74, 6) is 5.83. The predicted molar refractivity (Wildman–Crippen MR) is 91.3 cm³/mol. The second-order valence-electron chi connectivity index (χ2n) is 5.73. The zero-order valence-electron chi connectivity index (χ0n) is 13.3. The summed E-state index contributed by atoms with van der Waals surface area (Å²) in [7, 11) is 0. The Morgan fingerprint density at radius 2 is 1.87 bits per heavy atom. The average Bonchev–Trinajstić information content (AvgIpc) is 2.56. The van der Waals surface area contributed by atoms with Crippen LogP contribution in [-0.4, -0.2) is 23.2 Å². The number of hydrogen-bond acceptors (Lipinski definition) is 4. The minimum absolute atomic E-state index is 0.0541. The number of hydrogen-bond donors (Lipinski definition) is 2. The number of benzene rings is 2. The predicted octanol–water partition coefficient (Wildman–Crippen LogP) is 2.44. The molecule has 0 aliphatic carbocycles. The maximum atomic E-state index is 11.8. The van der Waals surface area contributed by atoms with E-state index in [2.05, 4.69) is 47.7 Å². The lowest BCUT2D eigenvalue weighted by molar-refractivity contribution is -0.121. The summed E-state index contributed by atoms with van der Waals surface area (Å²) in [5, 5.41) is 0. The molecule has 0 saturated heterocycles. The Labute approximate surface area is 135 Å². The number of carbonyl (C=O) groups is 1. The highest BCUT2D eigenvalue weighted by atomic mass is 16.2. The van der Waals surface area contributed by atoms with Crippen LogP contribution < -0.4 is 11.3 Å². The topological polar surface area (TPSA) is 70.7 Å². The van der Waals surface area contributed by atoms with Gasteiger partial charge in [0.1, 0.15) is 12.4 Å². The molecule has 5 nitrogen and oxygen atoms in total. The highest BCUT2D eigenvalue weighted by Gasteiger charge is 2.30. The SMILES string of the molecule is CC1=Nc2ccccc2[C@@H](c2ccc(C)cc2)N1CC(=O)NN. The smallest absolute Gasteiger partial charge is 0.253 e. The summed E-state index contributed by atoms with van der Waals surface area (Å²) < 4.78 is 0. The van der Waals surface area contributed by atoms with Gasteiger partial charge in [0, 0.05) is 5.56 Å². The highest BCUT2D eigenvalue weighted by Crippen LogP contribution is 2.38. The van der Waals surface area contributed by atoms with Crippen LogP contribution in [0.3, 0.4) is 0 Å². The standard InChI is InChI=1S/C18H20N4O/c1-12-7-9-14(10-8-12)18-15-5-3-4-6-16(15)20-13(2)22(18)11-17(23)21-19/h3-10,18H,11,19H2,1-2H3,(H,21,23)/t18-/m1/s1. The van der Waals surface area contributed by atoms with Gasteiger partial charge in [0.2, 0.25) is 0 Å². The number of carbonyl (C=O) groups excluding carboxylic acids is 1. The molecule has 1 amide bonds. The van der Waals surface area contributed by atoms with Crippen molar-refractivity contribution in [3.63, 3.8) is 0 Å². The lowest BCUT2D eigenvalue weighted by Crippen LogP contribution is -2.45. The maximum Gasteiger partial charge on any atom is 0.253 e. The molecular formula is C18H20N4O. The molecule has 0 spiro atoms. The molecule has 118 valence electrons. The Bertz CT molecular complexity index is 752. The Morgan fingerprint density at radius 3 is 2.57 bits per heavy atom. The molecule has 0 radical (unpaired) electrons. The van der Waals surface area contributed by atoms with Gasteiger partial charge in [0.05, 0.1) is 11.7 Å². The van der Waals surface area contributed by atoms with Gasteiger partial charge in [-0.3, -0.25) is 10.2 Å². The fourth-order valence-corrected chi connectivity index (χ4v) is 2.93. The van der Waals surface area contributed by atoms with E-state index in [4.69, 9.17) is 5.84 Å². The van der Waals surface area contributed by atoms with Crippen molar-refractivity contribution < 1.29 is 4.79 Å². The summed E-state index contributed by atoms with van der Waals surface area (Å²) in [6, 6.07) is 16.3. The Balaban J connectivity index is 2.10. The van der Waals surface area contributed by atoms with E-state index in [0.717, 1.165) is 22.6 Å². The van der Waals surface area contributed by atoms with E-state index in [0.29, 0.717) is 0 Å². The quantitative estimate of drug-likeness (QED) is 0.520. The number of rotatable bonds is 3. The number of nitrogens with one attached hydrogen (secondary N) is 1. The van der Waals surface area contributed by atoms with Crippen molar-refractivity contribution in [3.8, 4) is 0 Å². The van der Waals surface area contributed by atoms with E-state index in [9.17, 15) is 4.79 Å². The van der Waals surface area contributed by atoms with Crippen LogP contribution in [0.2, 0.25) is 0 Å². The molecule has 1 atom stereocenters. The van der Waals surface area contributed by atoms with E-state index < -0.39 is 0 Å². The summed E-state index contributed by atoms with van der Waals surface area (Å²) in [5.41, 5.74) is 6.57. The summed E-state index contributed by atoms with van der Waals surface area (Å²) in [4.78, 5) is 18.4. The third kappa shape index (κ3) is 2.96. The van der Waals surface area contributed by atoms with E-state index in [1.165, 1.54) is 5.56 Å². The summed E-state index contributed by atoms with van der Waals surface area (Å²) >= 11 is 0. The van der Waals surface area contributed by atoms with Gasteiger partial charge < -0.3 is 4.90 Å². The summed E-state index contributed by atoms with van der Waals surface area (Å²) in [6.45, 7) is 4.14. The molecular weight excluding hydrogens is 288 g/mol. The van der Waals surface area contributed by atoms with Gasteiger partial charge in [-0.1, -0.05) is 48.0 Å². The van der Waals surface area contributed by atoms with Crippen LogP contribution in [0.1, 0.15) is 29.7 Å². The van der Waals surface area contributed by atoms with Gasteiger partial charge in [-0.15, -0.1) is 0 Å². The first kappa shape index (κ1) is 15.2. The lowest BCUT2D eigenvalue weighted by atomic mass is 9.93. The van der Waals surface area contributed by atoms with Gasteiger partial charge >= 0.3 is 0 Å². The van der Waals surface area contributed by atoms with Gasteiger partial charge in [-0.25, -0.2) is 10.8 Å². The van der Waals surface area contributed by atoms with E-state index in [1.54, 1.807) is 0 Å². The van der Waals surface area contributed by atoms with Crippen molar-refractivity contribution in [1.82, 2.24) is 10.3 Å². The monoisotopic (exact) mass is 308 g/mol. The van der Waals surface area contributed by atoms with Crippen LogP contribution in [0.25, 0.3) is 0 Å². The molecule has 0 saturated carbocycles. The molecule has 2 aromatic carbocycles. The van der Waals surface area contributed by atoms with E-state index in [1.807, 2.05) is 30.0 Å². The van der Waals surface area contributed by atoms with E-state index in [-0.39, 0.29) is 18.5 Å². The third-order valence-electron chi connectivity index (χ3n) is 4.11. The van der Waals surface area contributed by atoms with Crippen molar-refractivity contribution in [3.05, 3.63) is 65.2 Å². The molecule has 3 rings (SSSR count). The van der Waals surface area contributed by atoms with Gasteiger partial charge in [0.15, 0.2) is 0 Å². The minimum Gasteiger partial charge on any atom is -0.340 e. The van der Waals surface area contributed by atoms with Gasteiger partial charge in [-0.2, -0.15) is 0 Å². The lowest BCUT2D eigenvalue weighted by Gasteiger charge is -2.37. The number of amidine groups is 1. The molecule has 1 heterocycles. The average molecular weight is 308 g/mol. The first-order valence-corrected chi connectivity index (χ1v) is 7.57. The largest absolute Gasteiger partial charge is 0.340 e. The van der Waals surface area contributed by atoms with Crippen molar-refractivity contribution >= 4 is 17.4 Å². The van der Waals surface area contributed by atoms with Crippen LogP contribution in [-0.2, 0) is 4.79 Å². The van der Waals surface area contributed by atoms with Crippen LogP contribution in [0.5, 0.6) is 0 Å². The number of hydrazine groups is 1. The first-order valence-electron chi connectivity index (χ1n) is 7.57. The molecule has 23 heavy (non-hydrogen) atoms. The molecule has 1 aliphatic rings. The molecule has 0 aromatic heterocycles. The minimum atomic E-state index is -0.240. The van der Waals surface area contributed by atoms with Crippen molar-refractivity contribution in [2.75, 3.05) is 6.54 Å². The number of nitrogens with two attached hydrogens (primary N) is 1. The summed E-state index contributed by atoms with van der Waals surface area (Å²) in [6.07, 6.45) is 0. The highest BCUT2D eigenvalue weighted by molar-refractivity contribution is 5.90. The zero-order valence-corrected chi connectivity index (χ0v) is 13.3. The number of para-hydroxylation sites is 1. The first-order chi connectivity index (χ1) is 11.1. The number of amides is 1. The van der Waals surface area contributed by atoms with Crippen LogP contribution in [0.4, 0.5) is 5.69 Å². The molecule has 0 unspecified atom stereocenters. The van der Waals surface area contributed by atoms with Crippen LogP contribution >= 0.6 is 0 Å². The molecule has 3 N–H and O–H groups in total. The maximum absolute atomic E-state index is 11.8. The number of nitrogens with zero attached hydrogens (tertiary/aromatic N) is 2. The molecule has 1 aliphatic heterocycles. The van der Waals surface area contributed by atoms with Crippen LogP contribution in [0.15, 0.2) is 53.5 Å². The normalized spacial score (nSPS) is 16.6. The molecule has 5 heteroatoms. The number of aliphatic imine (C=N–C) groups is 1. The van der Waals surface area contributed by atoms with E-state index >= 15 is 0 Å². The molecule has 2 aromatic rings. The Hall–Kier alpha value is -2.66. The van der Waals surface area contributed by atoms with Crippen molar-refractivity contribution in [1.29, 1.82) is 0 Å². The number of fused-ring (bicyclic) bond motifs is 1. The second-order valence-corrected chi connectivity index (χ2v) is 5.73. The van der Waals surface area contributed by atoms with Crippen molar-refractivity contribution in [2.45, 2.75) is 19.9 Å². The number of aryl methyl sites for hydroxylation is 1. The second kappa shape index (κ2) is 6.22. The molecule has 0 fully saturated rings. The fraction of sp³-hybridized carbons (Fsp3) is 0.222. The molecule has 0 bridgehead atoms. The van der Waals surface area contributed by atoms with Crippen molar-refractivity contribution in [2.24, 2.45) is 10.8 Å². The Morgan fingerprint density at radius 1 is 1.17 bits per heavy atom.